The van der Waals surface area contributed by atoms with E-state index in [4.69, 9.17) is 15.2 Å². The van der Waals surface area contributed by atoms with Gasteiger partial charge in [-0.3, -0.25) is 0 Å². The number of ether oxygens (including phenoxy) is 2. The number of benzene rings is 2. The van der Waals surface area contributed by atoms with Crippen LogP contribution in [0.4, 0.5) is 10.1 Å². The first-order chi connectivity index (χ1) is 10.2. The number of nitrogens with two attached hydrogens (primary N) is 1. The average molecular weight is 290 g/mol. The lowest BCUT2D eigenvalue weighted by Gasteiger charge is -2.19. The summed E-state index contributed by atoms with van der Waals surface area (Å²) in [6.45, 7) is 0.336. The van der Waals surface area contributed by atoms with Gasteiger partial charge in [-0.05, 0) is 29.8 Å². The molecule has 2 aromatic rings. The van der Waals surface area contributed by atoms with Gasteiger partial charge in [-0.15, -0.1) is 0 Å². The first kappa shape index (κ1) is 15.1. The third-order valence-corrected chi connectivity index (χ3v) is 3.22. The number of anilines is 1. The molecule has 0 aromatic heterocycles. The summed E-state index contributed by atoms with van der Waals surface area (Å²) in [5.41, 5.74) is 7.42. The van der Waals surface area contributed by atoms with E-state index in [1.165, 1.54) is 13.2 Å². The zero-order valence-electron chi connectivity index (χ0n) is 12.1. The Labute approximate surface area is 123 Å². The molecule has 0 aliphatic heterocycles. The molecule has 0 saturated heterocycles. The molecule has 2 rings (SSSR count). The second-order valence-electron chi connectivity index (χ2n) is 4.56. The molecule has 5 heteroatoms. The first-order valence-electron chi connectivity index (χ1n) is 6.62. The summed E-state index contributed by atoms with van der Waals surface area (Å²) < 4.78 is 23.9. The van der Waals surface area contributed by atoms with Gasteiger partial charge in [-0.25, -0.2) is 4.39 Å². The molecule has 2 aromatic carbocycles. The second-order valence-corrected chi connectivity index (χ2v) is 4.56. The van der Waals surface area contributed by atoms with E-state index in [0.29, 0.717) is 6.54 Å². The Bertz CT molecular complexity index is 605. The second kappa shape index (κ2) is 6.95. The van der Waals surface area contributed by atoms with Crippen LogP contribution in [0.15, 0.2) is 42.5 Å². The van der Waals surface area contributed by atoms with Crippen LogP contribution in [-0.4, -0.2) is 20.8 Å². The van der Waals surface area contributed by atoms with E-state index in [9.17, 15) is 4.39 Å². The highest BCUT2D eigenvalue weighted by Crippen LogP contribution is 2.25. The number of methoxy groups -OCH3 is 2. The smallest absolute Gasteiger partial charge is 0.165 e. The molecule has 0 spiro atoms. The van der Waals surface area contributed by atoms with Crippen molar-refractivity contribution < 1.29 is 13.9 Å². The van der Waals surface area contributed by atoms with Gasteiger partial charge < -0.3 is 20.5 Å². The quantitative estimate of drug-likeness (QED) is 0.859. The van der Waals surface area contributed by atoms with Crippen molar-refractivity contribution in [3.05, 3.63) is 53.8 Å². The minimum Gasteiger partial charge on any atom is -0.497 e. The van der Waals surface area contributed by atoms with Gasteiger partial charge in [-0.1, -0.05) is 12.1 Å². The molecule has 3 N–H and O–H groups in total. The summed E-state index contributed by atoms with van der Waals surface area (Å²) in [4.78, 5) is 0. The van der Waals surface area contributed by atoms with Crippen LogP contribution in [0.1, 0.15) is 11.6 Å². The van der Waals surface area contributed by atoms with Crippen molar-refractivity contribution in [2.75, 3.05) is 26.1 Å². The van der Waals surface area contributed by atoms with E-state index >= 15 is 0 Å². The van der Waals surface area contributed by atoms with E-state index < -0.39 is 5.82 Å². The van der Waals surface area contributed by atoms with Gasteiger partial charge in [0, 0.05) is 18.3 Å². The maximum atomic E-state index is 13.8. The van der Waals surface area contributed by atoms with Crippen LogP contribution in [0.25, 0.3) is 0 Å². The third-order valence-electron chi connectivity index (χ3n) is 3.22. The van der Waals surface area contributed by atoms with Crippen molar-refractivity contribution >= 4 is 5.69 Å². The lowest BCUT2D eigenvalue weighted by Crippen LogP contribution is -2.20. The standard InChI is InChI=1S/C16H19FN2O2/c1-20-13-5-3-4-12(9-13)19-15(10-18)11-6-7-16(21-2)14(17)8-11/h3-9,15,19H,10,18H2,1-2H3. The van der Waals surface area contributed by atoms with Crippen molar-refractivity contribution in [3.63, 3.8) is 0 Å². The highest BCUT2D eigenvalue weighted by molar-refractivity contribution is 5.50. The fraction of sp³-hybridized carbons (Fsp3) is 0.250. The minimum absolute atomic E-state index is 0.197. The molecule has 0 saturated carbocycles. The summed E-state index contributed by atoms with van der Waals surface area (Å²) in [5.74, 6) is 0.563. The van der Waals surface area contributed by atoms with Gasteiger partial charge in [-0.2, -0.15) is 0 Å². The van der Waals surface area contributed by atoms with Gasteiger partial charge in [0.15, 0.2) is 11.6 Å². The van der Waals surface area contributed by atoms with Gasteiger partial charge in [0.2, 0.25) is 0 Å². The maximum absolute atomic E-state index is 13.8. The maximum Gasteiger partial charge on any atom is 0.165 e. The van der Waals surface area contributed by atoms with E-state index in [2.05, 4.69) is 5.32 Å². The zero-order chi connectivity index (χ0) is 15.2. The van der Waals surface area contributed by atoms with Crippen LogP contribution in [0, 0.1) is 5.82 Å². The Balaban J connectivity index is 2.21. The number of halogens is 1. The van der Waals surface area contributed by atoms with Crippen LogP contribution in [0.3, 0.4) is 0 Å². The molecular weight excluding hydrogens is 271 g/mol. The Kier molecular flexibility index (Phi) is 5.00. The Morgan fingerprint density at radius 2 is 1.95 bits per heavy atom. The van der Waals surface area contributed by atoms with Crippen LogP contribution < -0.4 is 20.5 Å². The summed E-state index contributed by atoms with van der Waals surface area (Å²) in [7, 11) is 3.05. The van der Waals surface area contributed by atoms with E-state index in [0.717, 1.165) is 17.0 Å². The molecule has 0 amide bonds. The number of rotatable bonds is 6. The van der Waals surface area contributed by atoms with Gasteiger partial charge in [0.1, 0.15) is 5.75 Å². The fourth-order valence-electron chi connectivity index (χ4n) is 2.09. The van der Waals surface area contributed by atoms with Gasteiger partial charge in [0.05, 0.1) is 20.3 Å². The van der Waals surface area contributed by atoms with Crippen LogP contribution in [0.2, 0.25) is 0 Å². The van der Waals surface area contributed by atoms with Crippen molar-refractivity contribution in [1.82, 2.24) is 0 Å². The van der Waals surface area contributed by atoms with Crippen molar-refractivity contribution in [2.24, 2.45) is 5.73 Å². The van der Waals surface area contributed by atoms with Gasteiger partial charge >= 0.3 is 0 Å². The Morgan fingerprint density at radius 1 is 1.14 bits per heavy atom. The monoisotopic (exact) mass is 290 g/mol. The van der Waals surface area contributed by atoms with Crippen molar-refractivity contribution in [2.45, 2.75) is 6.04 Å². The summed E-state index contributed by atoms with van der Waals surface area (Å²) in [6, 6.07) is 12.1. The van der Waals surface area contributed by atoms with Crippen molar-refractivity contribution in [1.29, 1.82) is 0 Å². The van der Waals surface area contributed by atoms with E-state index in [-0.39, 0.29) is 11.8 Å². The Hall–Kier alpha value is -2.27. The van der Waals surface area contributed by atoms with Gasteiger partial charge in [0.25, 0.3) is 0 Å². The van der Waals surface area contributed by atoms with Crippen LogP contribution >= 0.6 is 0 Å². The molecule has 0 bridgehead atoms. The largest absolute Gasteiger partial charge is 0.497 e. The molecule has 21 heavy (non-hydrogen) atoms. The molecule has 0 aliphatic carbocycles. The molecule has 0 heterocycles. The molecule has 0 aliphatic rings. The predicted molar refractivity (Wildman–Crippen MR) is 81.4 cm³/mol. The number of nitrogens with one attached hydrogen (secondary N) is 1. The molecule has 1 unspecified atom stereocenters. The topological polar surface area (TPSA) is 56.5 Å². The summed E-state index contributed by atoms with van der Waals surface area (Å²) in [6.07, 6.45) is 0. The molecule has 0 fully saturated rings. The molecule has 0 radical (unpaired) electrons. The molecule has 112 valence electrons. The van der Waals surface area contributed by atoms with Crippen LogP contribution in [-0.2, 0) is 0 Å². The normalized spacial score (nSPS) is 11.8. The lowest BCUT2D eigenvalue weighted by molar-refractivity contribution is 0.386. The van der Waals surface area contributed by atoms with E-state index in [1.54, 1.807) is 19.2 Å². The number of hydrogen-bond donors (Lipinski definition) is 2. The molecule has 1 atom stereocenters. The molecular formula is C16H19FN2O2. The first-order valence-corrected chi connectivity index (χ1v) is 6.62. The lowest BCUT2D eigenvalue weighted by atomic mass is 10.1. The SMILES string of the molecule is COc1cccc(NC(CN)c2ccc(OC)c(F)c2)c1. The summed E-state index contributed by atoms with van der Waals surface area (Å²) >= 11 is 0. The average Bonchev–Trinajstić information content (AvgIpc) is 2.52. The van der Waals surface area contributed by atoms with Crippen LogP contribution in [0.5, 0.6) is 11.5 Å². The molecule has 4 nitrogen and oxygen atoms in total. The zero-order valence-corrected chi connectivity index (χ0v) is 12.1. The van der Waals surface area contributed by atoms with Crippen molar-refractivity contribution in [3.8, 4) is 11.5 Å². The summed E-state index contributed by atoms with van der Waals surface area (Å²) in [5, 5.41) is 3.27. The number of hydrogen-bond acceptors (Lipinski definition) is 4. The van der Waals surface area contributed by atoms with E-state index in [1.807, 2.05) is 24.3 Å². The minimum atomic E-state index is -0.402. The third kappa shape index (κ3) is 3.64. The fourth-order valence-corrected chi connectivity index (χ4v) is 2.09. The predicted octanol–water partition coefficient (Wildman–Crippen LogP) is 2.95. The highest BCUT2D eigenvalue weighted by Gasteiger charge is 2.13. The highest BCUT2D eigenvalue weighted by atomic mass is 19.1. The Morgan fingerprint density at radius 3 is 2.57 bits per heavy atom.